The summed E-state index contributed by atoms with van der Waals surface area (Å²) in [6, 6.07) is 7.54. The van der Waals surface area contributed by atoms with E-state index in [2.05, 4.69) is 20.2 Å². The van der Waals surface area contributed by atoms with Gasteiger partial charge in [-0.3, -0.25) is 9.36 Å². The van der Waals surface area contributed by atoms with Crippen LogP contribution in [0.2, 0.25) is 0 Å². The number of rotatable bonds is 3. The molecule has 1 aromatic carbocycles. The summed E-state index contributed by atoms with van der Waals surface area (Å²) in [6.07, 6.45) is 6.97. The maximum absolute atomic E-state index is 13.0. The van der Waals surface area contributed by atoms with Crippen molar-refractivity contribution in [2.24, 2.45) is 0 Å². The number of hydrogen-bond acceptors (Lipinski definition) is 4. The van der Waals surface area contributed by atoms with Gasteiger partial charge in [-0.25, -0.2) is 4.98 Å². The van der Waals surface area contributed by atoms with Gasteiger partial charge in [0.05, 0.1) is 6.04 Å². The fourth-order valence-electron chi connectivity index (χ4n) is 3.20. The van der Waals surface area contributed by atoms with Gasteiger partial charge in [-0.05, 0) is 38.0 Å². The maximum Gasteiger partial charge on any atom is 0.254 e. The quantitative estimate of drug-likeness (QED) is 0.802. The maximum atomic E-state index is 13.0. The highest BCUT2D eigenvalue weighted by Crippen LogP contribution is 2.31. The van der Waals surface area contributed by atoms with Crippen LogP contribution in [0.15, 0.2) is 43.1 Å². The largest absolute Gasteiger partial charge is 0.344 e. The van der Waals surface area contributed by atoms with Crippen molar-refractivity contribution in [3.63, 3.8) is 0 Å². The third-order valence-electron chi connectivity index (χ3n) is 4.36. The van der Waals surface area contributed by atoms with Gasteiger partial charge < -0.3 is 9.88 Å². The first-order chi connectivity index (χ1) is 11.7. The molecule has 2 aromatic heterocycles. The molecule has 0 unspecified atom stereocenters. The fraction of sp³-hybridized carbons (Fsp3) is 0.294. The number of benzene rings is 1. The number of carbonyl (C=O) groups excluding carboxylic acids is 1. The second kappa shape index (κ2) is 5.92. The van der Waals surface area contributed by atoms with Crippen LogP contribution < -0.4 is 0 Å². The predicted octanol–water partition coefficient (Wildman–Crippen LogP) is 2.28. The van der Waals surface area contributed by atoms with Crippen LogP contribution in [-0.4, -0.2) is 42.1 Å². The van der Waals surface area contributed by atoms with E-state index in [0.29, 0.717) is 5.56 Å². The zero-order valence-electron chi connectivity index (χ0n) is 13.4. The molecule has 0 aliphatic carbocycles. The Morgan fingerprint density at radius 2 is 2.12 bits per heavy atom. The first-order valence-corrected chi connectivity index (χ1v) is 8.00. The van der Waals surface area contributed by atoms with E-state index in [1.54, 1.807) is 17.2 Å². The Balaban J connectivity index is 1.62. The minimum Gasteiger partial charge on any atom is -0.344 e. The highest BCUT2D eigenvalue weighted by atomic mass is 16.2. The molecule has 1 aliphatic heterocycles. The van der Waals surface area contributed by atoms with Gasteiger partial charge in [-0.1, -0.05) is 6.07 Å². The van der Waals surface area contributed by atoms with Gasteiger partial charge >= 0.3 is 0 Å². The number of nitrogens with zero attached hydrogens (tertiary/aromatic N) is 5. The first-order valence-electron chi connectivity index (χ1n) is 8.00. The van der Waals surface area contributed by atoms with Crippen molar-refractivity contribution < 1.29 is 4.79 Å². The standard InChI is InChI=1S/C17H18N6O/c1-12-9-18-16(21-12)15-6-3-7-23(15)17(24)13-4-2-5-14(8-13)22-10-19-20-11-22/h2,4-5,8-11,15H,3,6-7H2,1H3,(H,18,21)/t15-/m1/s1. The van der Waals surface area contributed by atoms with Gasteiger partial charge in [-0.2, -0.15) is 0 Å². The Labute approximate surface area is 139 Å². The number of aromatic nitrogens is 5. The summed E-state index contributed by atoms with van der Waals surface area (Å²) < 4.78 is 1.79. The topological polar surface area (TPSA) is 79.7 Å². The van der Waals surface area contributed by atoms with E-state index in [1.165, 1.54) is 0 Å². The van der Waals surface area contributed by atoms with Crippen LogP contribution >= 0.6 is 0 Å². The Morgan fingerprint density at radius 3 is 2.88 bits per heavy atom. The van der Waals surface area contributed by atoms with Crippen LogP contribution in [-0.2, 0) is 0 Å². The highest BCUT2D eigenvalue weighted by Gasteiger charge is 2.32. The number of imidazole rings is 1. The smallest absolute Gasteiger partial charge is 0.254 e. The highest BCUT2D eigenvalue weighted by molar-refractivity contribution is 5.95. The molecule has 1 aliphatic rings. The average molecular weight is 322 g/mol. The number of nitrogens with one attached hydrogen (secondary N) is 1. The molecule has 24 heavy (non-hydrogen) atoms. The van der Waals surface area contributed by atoms with Gasteiger partial charge in [0.15, 0.2) is 0 Å². The molecule has 7 nitrogen and oxygen atoms in total. The molecule has 3 aromatic rings. The minimum absolute atomic E-state index is 0.0183. The summed E-state index contributed by atoms with van der Waals surface area (Å²) in [5, 5.41) is 7.62. The molecule has 1 fully saturated rings. The van der Waals surface area contributed by atoms with E-state index in [4.69, 9.17) is 0 Å². The van der Waals surface area contributed by atoms with Crippen molar-refractivity contribution in [3.8, 4) is 5.69 Å². The lowest BCUT2D eigenvalue weighted by molar-refractivity contribution is 0.0730. The zero-order chi connectivity index (χ0) is 16.5. The number of H-pyrrole nitrogens is 1. The number of carbonyl (C=O) groups is 1. The molecule has 1 N–H and O–H groups in total. The summed E-state index contributed by atoms with van der Waals surface area (Å²) in [6.45, 7) is 2.72. The number of aryl methyl sites for hydroxylation is 1. The van der Waals surface area contributed by atoms with Gasteiger partial charge in [0.1, 0.15) is 18.5 Å². The van der Waals surface area contributed by atoms with Gasteiger partial charge in [-0.15, -0.1) is 10.2 Å². The monoisotopic (exact) mass is 322 g/mol. The van der Waals surface area contributed by atoms with E-state index in [-0.39, 0.29) is 11.9 Å². The van der Waals surface area contributed by atoms with Crippen LogP contribution in [0.4, 0.5) is 0 Å². The van der Waals surface area contributed by atoms with Gasteiger partial charge in [0, 0.05) is 29.7 Å². The average Bonchev–Trinajstić information content (AvgIpc) is 3.35. The third-order valence-corrected chi connectivity index (χ3v) is 4.36. The van der Waals surface area contributed by atoms with Crippen molar-refractivity contribution >= 4 is 5.91 Å². The molecule has 7 heteroatoms. The van der Waals surface area contributed by atoms with E-state index in [9.17, 15) is 4.79 Å². The molecule has 0 bridgehead atoms. The molecule has 122 valence electrons. The number of hydrogen-bond donors (Lipinski definition) is 1. The molecular formula is C17H18N6O. The van der Waals surface area contributed by atoms with Crippen LogP contribution in [0.3, 0.4) is 0 Å². The van der Waals surface area contributed by atoms with Crippen molar-refractivity contribution in [2.75, 3.05) is 6.54 Å². The first kappa shape index (κ1) is 14.6. The summed E-state index contributed by atoms with van der Waals surface area (Å²) in [7, 11) is 0. The van der Waals surface area contributed by atoms with E-state index < -0.39 is 0 Å². The number of amides is 1. The van der Waals surface area contributed by atoms with E-state index >= 15 is 0 Å². The molecule has 1 saturated heterocycles. The molecule has 1 amide bonds. The second-order valence-corrected chi connectivity index (χ2v) is 6.03. The van der Waals surface area contributed by atoms with E-state index in [0.717, 1.165) is 36.6 Å². The minimum atomic E-state index is 0.0183. The van der Waals surface area contributed by atoms with Crippen LogP contribution in [0, 0.1) is 6.92 Å². The molecule has 1 atom stereocenters. The van der Waals surface area contributed by atoms with Gasteiger partial charge in [0.25, 0.3) is 5.91 Å². The molecule has 4 rings (SSSR count). The van der Waals surface area contributed by atoms with Crippen molar-refractivity contribution in [3.05, 3.63) is 60.2 Å². The summed E-state index contributed by atoms with van der Waals surface area (Å²) in [5.41, 5.74) is 2.55. The normalized spacial score (nSPS) is 17.4. The van der Waals surface area contributed by atoms with Crippen molar-refractivity contribution in [1.29, 1.82) is 0 Å². The summed E-state index contributed by atoms with van der Waals surface area (Å²) in [4.78, 5) is 22.6. The molecule has 0 radical (unpaired) electrons. The lowest BCUT2D eigenvalue weighted by Gasteiger charge is -2.23. The SMILES string of the molecule is Cc1cnc([C@H]2CCCN2C(=O)c2cccc(-n3cnnc3)c2)[nH]1. The van der Waals surface area contributed by atoms with Crippen LogP contribution in [0.25, 0.3) is 5.69 Å². The molecule has 0 saturated carbocycles. The number of aromatic amines is 1. The second-order valence-electron chi connectivity index (χ2n) is 6.03. The Bertz CT molecular complexity index is 854. The summed E-state index contributed by atoms with van der Waals surface area (Å²) >= 11 is 0. The van der Waals surface area contributed by atoms with E-state index in [1.807, 2.05) is 42.3 Å². The predicted molar refractivity (Wildman–Crippen MR) is 87.7 cm³/mol. The third kappa shape index (κ3) is 2.58. The lowest BCUT2D eigenvalue weighted by atomic mass is 10.1. The Morgan fingerprint density at radius 1 is 1.29 bits per heavy atom. The molecular weight excluding hydrogens is 304 g/mol. The number of likely N-dealkylation sites (tertiary alicyclic amines) is 1. The molecule has 3 heterocycles. The fourth-order valence-corrected chi connectivity index (χ4v) is 3.20. The van der Waals surface area contributed by atoms with Crippen LogP contribution in [0.1, 0.15) is 40.8 Å². The summed E-state index contributed by atoms with van der Waals surface area (Å²) in [5.74, 6) is 0.898. The molecule has 0 spiro atoms. The Kier molecular flexibility index (Phi) is 3.60. The van der Waals surface area contributed by atoms with Crippen molar-refractivity contribution in [1.82, 2.24) is 29.6 Å². The van der Waals surface area contributed by atoms with Crippen LogP contribution in [0.5, 0.6) is 0 Å². The Hall–Kier alpha value is -2.96. The lowest BCUT2D eigenvalue weighted by Crippen LogP contribution is -2.31. The van der Waals surface area contributed by atoms with Crippen molar-refractivity contribution in [2.45, 2.75) is 25.8 Å². The van der Waals surface area contributed by atoms with Gasteiger partial charge in [0.2, 0.25) is 0 Å². The zero-order valence-corrected chi connectivity index (χ0v) is 13.4.